The number of hydrogen-bond donors (Lipinski definition) is 0. The minimum Gasteiger partial charge on any atom is -0.336 e. The standard InChI is InChI=1S/C13H15BrFN3O3/c14-3-4-16-5-7-17(8-6-16)13(19)11-2-1-10(15)9-12(11)18(20)21/h1-2,9H,3-8H2. The summed E-state index contributed by atoms with van der Waals surface area (Å²) in [6.45, 7) is 3.39. The third kappa shape index (κ3) is 3.76. The maximum absolute atomic E-state index is 13.1. The van der Waals surface area contributed by atoms with Gasteiger partial charge in [-0.15, -0.1) is 0 Å². The van der Waals surface area contributed by atoms with Gasteiger partial charge in [0.1, 0.15) is 11.4 Å². The van der Waals surface area contributed by atoms with Crippen LogP contribution < -0.4 is 0 Å². The monoisotopic (exact) mass is 359 g/mol. The van der Waals surface area contributed by atoms with Crippen LogP contribution in [-0.2, 0) is 0 Å². The van der Waals surface area contributed by atoms with Gasteiger partial charge in [0.05, 0.1) is 11.0 Å². The molecule has 1 amide bonds. The molecule has 0 aromatic heterocycles. The summed E-state index contributed by atoms with van der Waals surface area (Å²) in [5.41, 5.74) is -0.543. The average Bonchev–Trinajstić information content (AvgIpc) is 2.47. The van der Waals surface area contributed by atoms with Crippen molar-refractivity contribution in [1.29, 1.82) is 0 Å². The fraction of sp³-hybridized carbons (Fsp3) is 0.462. The molecule has 0 bridgehead atoms. The van der Waals surface area contributed by atoms with Gasteiger partial charge >= 0.3 is 0 Å². The van der Waals surface area contributed by atoms with Gasteiger partial charge in [-0.05, 0) is 12.1 Å². The molecule has 0 aliphatic carbocycles. The molecular weight excluding hydrogens is 345 g/mol. The van der Waals surface area contributed by atoms with E-state index in [9.17, 15) is 19.3 Å². The maximum atomic E-state index is 13.1. The highest BCUT2D eigenvalue weighted by Gasteiger charge is 2.27. The Bertz CT molecular complexity index is 547. The summed E-state index contributed by atoms with van der Waals surface area (Å²) in [4.78, 5) is 26.4. The van der Waals surface area contributed by atoms with Crippen molar-refractivity contribution >= 4 is 27.5 Å². The van der Waals surface area contributed by atoms with Crippen molar-refractivity contribution < 1.29 is 14.1 Å². The third-order valence-electron chi connectivity index (χ3n) is 3.45. The minimum atomic E-state index is -0.725. The zero-order chi connectivity index (χ0) is 15.4. The van der Waals surface area contributed by atoms with Crippen molar-refractivity contribution in [2.45, 2.75) is 0 Å². The Labute approximate surface area is 129 Å². The smallest absolute Gasteiger partial charge is 0.285 e. The molecule has 1 aliphatic rings. The van der Waals surface area contributed by atoms with Crippen LogP contribution in [0.3, 0.4) is 0 Å². The molecule has 0 radical (unpaired) electrons. The van der Waals surface area contributed by atoms with Gasteiger partial charge < -0.3 is 4.90 Å². The van der Waals surface area contributed by atoms with Crippen molar-refractivity contribution in [2.24, 2.45) is 0 Å². The topological polar surface area (TPSA) is 66.7 Å². The zero-order valence-electron chi connectivity index (χ0n) is 11.3. The van der Waals surface area contributed by atoms with E-state index in [1.807, 2.05) is 0 Å². The van der Waals surface area contributed by atoms with Crippen LogP contribution in [-0.4, -0.2) is 58.7 Å². The molecule has 1 aromatic rings. The van der Waals surface area contributed by atoms with Crippen LogP contribution in [0.5, 0.6) is 0 Å². The number of carbonyl (C=O) groups excluding carboxylic acids is 1. The molecule has 1 heterocycles. The number of rotatable bonds is 4. The van der Waals surface area contributed by atoms with E-state index in [1.165, 1.54) is 6.07 Å². The average molecular weight is 360 g/mol. The van der Waals surface area contributed by atoms with E-state index in [2.05, 4.69) is 20.8 Å². The van der Waals surface area contributed by atoms with E-state index in [-0.39, 0.29) is 5.56 Å². The van der Waals surface area contributed by atoms with E-state index < -0.39 is 22.3 Å². The number of piperazine rings is 1. The van der Waals surface area contributed by atoms with Crippen molar-refractivity contribution in [3.8, 4) is 0 Å². The molecule has 0 N–H and O–H groups in total. The summed E-state index contributed by atoms with van der Waals surface area (Å²) >= 11 is 3.37. The van der Waals surface area contributed by atoms with Crippen LogP contribution in [0.1, 0.15) is 10.4 Å². The highest BCUT2D eigenvalue weighted by molar-refractivity contribution is 9.09. The predicted octanol–water partition coefficient (Wildman–Crippen LogP) is 1.89. The molecule has 8 heteroatoms. The number of alkyl halides is 1. The molecule has 2 rings (SSSR count). The molecule has 0 atom stereocenters. The molecule has 1 saturated heterocycles. The highest BCUT2D eigenvalue weighted by Crippen LogP contribution is 2.22. The molecule has 114 valence electrons. The van der Waals surface area contributed by atoms with Gasteiger partial charge in [0, 0.05) is 38.1 Å². The van der Waals surface area contributed by atoms with Crippen molar-refractivity contribution in [3.63, 3.8) is 0 Å². The number of benzene rings is 1. The van der Waals surface area contributed by atoms with E-state index in [1.54, 1.807) is 4.90 Å². The lowest BCUT2D eigenvalue weighted by atomic mass is 10.1. The second-order valence-corrected chi connectivity index (χ2v) is 5.53. The minimum absolute atomic E-state index is 0.0599. The van der Waals surface area contributed by atoms with Gasteiger partial charge in [0.15, 0.2) is 0 Å². The number of nitro benzene ring substituents is 1. The Morgan fingerprint density at radius 1 is 1.33 bits per heavy atom. The van der Waals surface area contributed by atoms with Gasteiger partial charge in [0.2, 0.25) is 0 Å². The van der Waals surface area contributed by atoms with Crippen molar-refractivity contribution in [1.82, 2.24) is 9.80 Å². The van der Waals surface area contributed by atoms with Gasteiger partial charge in [-0.25, -0.2) is 4.39 Å². The Kier molecular flexibility index (Phi) is 5.24. The maximum Gasteiger partial charge on any atom is 0.285 e. The Balaban J connectivity index is 2.13. The molecule has 1 fully saturated rings. The number of halogens is 2. The van der Waals surface area contributed by atoms with Gasteiger partial charge in [-0.2, -0.15) is 0 Å². The second-order valence-electron chi connectivity index (χ2n) is 4.74. The Morgan fingerprint density at radius 3 is 2.57 bits per heavy atom. The number of nitro groups is 1. The molecule has 0 saturated carbocycles. The first-order valence-corrected chi connectivity index (χ1v) is 7.66. The molecule has 21 heavy (non-hydrogen) atoms. The molecule has 1 aliphatic heterocycles. The molecular formula is C13H15BrFN3O3. The first kappa shape index (κ1) is 15.8. The van der Waals surface area contributed by atoms with Crippen LogP contribution in [0, 0.1) is 15.9 Å². The van der Waals surface area contributed by atoms with Crippen LogP contribution in [0.2, 0.25) is 0 Å². The normalized spacial score (nSPS) is 16.0. The Morgan fingerprint density at radius 2 is 2.00 bits per heavy atom. The summed E-state index contributed by atoms with van der Waals surface area (Å²) < 4.78 is 13.1. The van der Waals surface area contributed by atoms with E-state index in [0.29, 0.717) is 13.1 Å². The van der Waals surface area contributed by atoms with Gasteiger partial charge in [-0.3, -0.25) is 19.8 Å². The number of hydrogen-bond acceptors (Lipinski definition) is 4. The fourth-order valence-electron chi connectivity index (χ4n) is 2.30. The van der Waals surface area contributed by atoms with Crippen LogP contribution in [0.15, 0.2) is 18.2 Å². The van der Waals surface area contributed by atoms with Crippen molar-refractivity contribution in [2.75, 3.05) is 38.1 Å². The summed E-state index contributed by atoms with van der Waals surface area (Å²) in [6, 6.07) is 3.04. The van der Waals surface area contributed by atoms with E-state index in [4.69, 9.17) is 0 Å². The van der Waals surface area contributed by atoms with Gasteiger partial charge in [-0.1, -0.05) is 15.9 Å². The largest absolute Gasteiger partial charge is 0.336 e. The quantitative estimate of drug-likeness (QED) is 0.467. The summed E-state index contributed by atoms with van der Waals surface area (Å²) in [5, 5.41) is 11.8. The summed E-state index contributed by atoms with van der Waals surface area (Å²) in [6.07, 6.45) is 0. The second kappa shape index (κ2) is 6.95. The lowest BCUT2D eigenvalue weighted by Crippen LogP contribution is -2.49. The first-order chi connectivity index (χ1) is 10.0. The number of nitrogens with zero attached hydrogens (tertiary/aromatic N) is 3. The zero-order valence-corrected chi connectivity index (χ0v) is 12.9. The van der Waals surface area contributed by atoms with Gasteiger partial charge in [0.25, 0.3) is 11.6 Å². The van der Waals surface area contributed by atoms with Crippen LogP contribution >= 0.6 is 15.9 Å². The molecule has 6 nitrogen and oxygen atoms in total. The predicted molar refractivity (Wildman–Crippen MR) is 79.2 cm³/mol. The third-order valence-corrected chi connectivity index (χ3v) is 3.80. The first-order valence-electron chi connectivity index (χ1n) is 6.54. The molecule has 0 spiro atoms. The molecule has 1 aromatic carbocycles. The summed E-state index contributed by atoms with van der Waals surface area (Å²) in [5.74, 6) is -1.14. The molecule has 0 unspecified atom stereocenters. The number of amides is 1. The summed E-state index contributed by atoms with van der Waals surface area (Å²) in [7, 11) is 0. The SMILES string of the molecule is O=C(c1ccc(F)cc1[N+](=O)[O-])N1CCN(CCBr)CC1. The fourth-order valence-corrected chi connectivity index (χ4v) is 2.80. The van der Waals surface area contributed by atoms with E-state index in [0.717, 1.165) is 37.1 Å². The Hall–Kier alpha value is -1.54. The lowest BCUT2D eigenvalue weighted by molar-refractivity contribution is -0.385. The van der Waals surface area contributed by atoms with E-state index >= 15 is 0 Å². The number of carbonyl (C=O) groups is 1. The highest BCUT2D eigenvalue weighted by atomic mass is 79.9. The van der Waals surface area contributed by atoms with Crippen LogP contribution in [0.25, 0.3) is 0 Å². The van der Waals surface area contributed by atoms with Crippen molar-refractivity contribution in [3.05, 3.63) is 39.7 Å². The lowest BCUT2D eigenvalue weighted by Gasteiger charge is -2.34. The van der Waals surface area contributed by atoms with Crippen LogP contribution in [0.4, 0.5) is 10.1 Å².